The van der Waals surface area contributed by atoms with Gasteiger partial charge in [0.2, 0.25) is 5.91 Å². The summed E-state index contributed by atoms with van der Waals surface area (Å²) in [6, 6.07) is 6.41. The topological polar surface area (TPSA) is 140 Å². The molecule has 0 radical (unpaired) electrons. The van der Waals surface area contributed by atoms with E-state index in [1.54, 1.807) is 0 Å². The molecule has 1 saturated carbocycles. The molecule has 1 aromatic carbocycles. The van der Waals surface area contributed by atoms with Gasteiger partial charge in [-0.2, -0.15) is 5.26 Å². The number of aliphatic hydroxyl groups excluding tert-OH is 1. The second kappa shape index (κ2) is 9.01. The number of nitrogens with zero attached hydrogens (tertiary/aromatic N) is 2. The second-order valence-electron chi connectivity index (χ2n) is 6.29. The number of carbonyl (C=O) groups excluding carboxylic acids is 1. The van der Waals surface area contributed by atoms with Crippen molar-refractivity contribution in [3.8, 4) is 6.07 Å². The number of hydrogen-bond donors (Lipinski definition) is 4. The molecule has 9 heteroatoms. The Labute approximate surface area is 151 Å². The Hall–Kier alpha value is -2.86. The van der Waals surface area contributed by atoms with Crippen LogP contribution < -0.4 is 16.0 Å². The molecule has 26 heavy (non-hydrogen) atoms. The fraction of sp³-hybridized carbons (Fsp3) is 0.529. The van der Waals surface area contributed by atoms with E-state index in [9.17, 15) is 20.2 Å². The summed E-state index contributed by atoms with van der Waals surface area (Å²) < 4.78 is 0. The summed E-state index contributed by atoms with van der Waals surface area (Å²) >= 11 is 0. The summed E-state index contributed by atoms with van der Waals surface area (Å²) in [7, 11) is 0. The molecule has 1 fully saturated rings. The van der Waals surface area contributed by atoms with Gasteiger partial charge < -0.3 is 21.1 Å². The van der Waals surface area contributed by atoms with Crippen LogP contribution in [0.3, 0.4) is 0 Å². The maximum atomic E-state index is 12.3. The number of non-ortho nitro benzene ring substituents is 1. The summed E-state index contributed by atoms with van der Waals surface area (Å²) in [4.78, 5) is 22.7. The Morgan fingerprint density at radius 2 is 2.00 bits per heavy atom. The summed E-state index contributed by atoms with van der Waals surface area (Å²) in [5, 5.41) is 37.9. The lowest BCUT2D eigenvalue weighted by molar-refractivity contribution is -0.384. The molecule has 1 aromatic rings. The molecule has 1 amide bonds. The first-order valence-electron chi connectivity index (χ1n) is 8.59. The van der Waals surface area contributed by atoms with Crippen molar-refractivity contribution in [2.75, 3.05) is 30.3 Å². The van der Waals surface area contributed by atoms with Gasteiger partial charge >= 0.3 is 0 Å². The largest absolute Gasteiger partial charge is 0.395 e. The molecule has 1 aliphatic rings. The van der Waals surface area contributed by atoms with Crippen LogP contribution in [0.4, 0.5) is 17.1 Å². The number of anilines is 2. The summed E-state index contributed by atoms with van der Waals surface area (Å²) in [6.45, 7) is 0.0657. The fourth-order valence-corrected chi connectivity index (χ4v) is 3.04. The normalized spacial score (nSPS) is 15.5. The number of nitrogens with one attached hydrogen (secondary N) is 3. The van der Waals surface area contributed by atoms with Crippen LogP contribution in [0.2, 0.25) is 0 Å². The van der Waals surface area contributed by atoms with Gasteiger partial charge in [-0.1, -0.05) is 19.3 Å². The lowest BCUT2D eigenvalue weighted by Gasteiger charge is -2.31. The zero-order chi connectivity index (χ0) is 19.0. The number of benzene rings is 1. The van der Waals surface area contributed by atoms with E-state index in [0.29, 0.717) is 24.2 Å². The van der Waals surface area contributed by atoms with Crippen LogP contribution in [0, 0.1) is 21.4 Å². The molecule has 0 spiro atoms. The van der Waals surface area contributed by atoms with E-state index in [2.05, 4.69) is 22.0 Å². The number of nitro groups is 1. The first-order chi connectivity index (χ1) is 12.5. The van der Waals surface area contributed by atoms with Crippen LogP contribution in [0.5, 0.6) is 0 Å². The standard InChI is InChI=1S/C17H23N5O4/c18-12-17(6-2-1-3-7-17)21-16(24)11-20-15-10-13(22(25)26)4-5-14(15)19-8-9-23/h4-5,10,19-20,23H,1-3,6-9,11H2,(H,21,24). The highest BCUT2D eigenvalue weighted by molar-refractivity contribution is 5.84. The van der Waals surface area contributed by atoms with Crippen molar-refractivity contribution < 1.29 is 14.8 Å². The maximum Gasteiger partial charge on any atom is 0.271 e. The Morgan fingerprint density at radius 1 is 1.27 bits per heavy atom. The molecule has 0 aliphatic heterocycles. The van der Waals surface area contributed by atoms with Gasteiger partial charge in [-0.05, 0) is 18.9 Å². The lowest BCUT2D eigenvalue weighted by Crippen LogP contribution is -2.50. The number of amides is 1. The molecule has 1 aliphatic carbocycles. The predicted molar refractivity (Wildman–Crippen MR) is 96.7 cm³/mol. The second-order valence-corrected chi connectivity index (χ2v) is 6.29. The number of rotatable bonds is 8. The fourth-order valence-electron chi connectivity index (χ4n) is 3.04. The highest BCUT2D eigenvalue weighted by Gasteiger charge is 2.33. The van der Waals surface area contributed by atoms with Crippen molar-refractivity contribution in [3.05, 3.63) is 28.3 Å². The van der Waals surface area contributed by atoms with Crippen molar-refractivity contribution in [1.82, 2.24) is 5.32 Å². The third-order valence-electron chi connectivity index (χ3n) is 4.38. The highest BCUT2D eigenvalue weighted by Crippen LogP contribution is 2.28. The van der Waals surface area contributed by atoms with Crippen molar-refractivity contribution in [1.29, 1.82) is 5.26 Å². The molecular weight excluding hydrogens is 338 g/mol. The number of nitriles is 1. The van der Waals surface area contributed by atoms with Crippen LogP contribution in [-0.4, -0.2) is 41.2 Å². The van der Waals surface area contributed by atoms with E-state index in [0.717, 1.165) is 19.3 Å². The van der Waals surface area contributed by atoms with Gasteiger partial charge in [0.05, 0.1) is 35.5 Å². The van der Waals surface area contributed by atoms with Crippen molar-refractivity contribution in [2.45, 2.75) is 37.6 Å². The average Bonchev–Trinajstić information content (AvgIpc) is 2.65. The summed E-state index contributed by atoms with van der Waals surface area (Å²) in [5.74, 6) is -0.340. The predicted octanol–water partition coefficient (Wildman–Crippen LogP) is 1.75. The van der Waals surface area contributed by atoms with E-state index < -0.39 is 10.5 Å². The van der Waals surface area contributed by atoms with E-state index >= 15 is 0 Å². The van der Waals surface area contributed by atoms with Crippen LogP contribution in [0.15, 0.2) is 18.2 Å². The Balaban J connectivity index is 2.04. The minimum Gasteiger partial charge on any atom is -0.395 e. The molecule has 0 bridgehead atoms. The van der Waals surface area contributed by atoms with Gasteiger partial charge in [0.25, 0.3) is 5.69 Å². The van der Waals surface area contributed by atoms with Gasteiger partial charge in [-0.3, -0.25) is 14.9 Å². The maximum absolute atomic E-state index is 12.3. The first kappa shape index (κ1) is 19.5. The number of nitro benzene ring substituents is 1. The quantitative estimate of drug-likeness (QED) is 0.408. The van der Waals surface area contributed by atoms with Crippen molar-refractivity contribution in [3.63, 3.8) is 0 Å². The van der Waals surface area contributed by atoms with Crippen LogP contribution in [0.25, 0.3) is 0 Å². The van der Waals surface area contributed by atoms with Crippen molar-refractivity contribution in [2.24, 2.45) is 0 Å². The monoisotopic (exact) mass is 361 g/mol. The molecular formula is C17H23N5O4. The van der Waals surface area contributed by atoms with E-state index in [1.807, 2.05) is 0 Å². The molecule has 0 heterocycles. The molecule has 0 unspecified atom stereocenters. The zero-order valence-corrected chi connectivity index (χ0v) is 14.5. The number of hydrogen-bond acceptors (Lipinski definition) is 7. The molecule has 0 saturated heterocycles. The Morgan fingerprint density at radius 3 is 2.62 bits per heavy atom. The van der Waals surface area contributed by atoms with Crippen molar-refractivity contribution >= 4 is 23.0 Å². The van der Waals surface area contributed by atoms with Gasteiger partial charge in [-0.25, -0.2) is 0 Å². The van der Waals surface area contributed by atoms with E-state index in [4.69, 9.17) is 5.11 Å². The molecule has 0 atom stereocenters. The van der Waals surface area contributed by atoms with E-state index in [1.165, 1.54) is 18.2 Å². The third-order valence-corrected chi connectivity index (χ3v) is 4.38. The van der Waals surface area contributed by atoms with E-state index in [-0.39, 0.29) is 31.3 Å². The zero-order valence-electron chi connectivity index (χ0n) is 14.5. The first-order valence-corrected chi connectivity index (χ1v) is 8.59. The number of carbonyl (C=O) groups is 1. The SMILES string of the molecule is N#CC1(NC(=O)CNc2cc([N+](=O)[O-])ccc2NCCO)CCCCC1. The minimum atomic E-state index is -0.822. The molecule has 9 nitrogen and oxygen atoms in total. The summed E-state index contributed by atoms with van der Waals surface area (Å²) in [6.07, 6.45) is 4.14. The van der Waals surface area contributed by atoms with Crippen LogP contribution >= 0.6 is 0 Å². The van der Waals surface area contributed by atoms with Gasteiger partial charge in [-0.15, -0.1) is 0 Å². The molecule has 0 aromatic heterocycles. The van der Waals surface area contributed by atoms with Gasteiger partial charge in [0.1, 0.15) is 5.54 Å². The van der Waals surface area contributed by atoms with Gasteiger partial charge in [0.15, 0.2) is 0 Å². The molecule has 2 rings (SSSR count). The molecule has 4 N–H and O–H groups in total. The average molecular weight is 361 g/mol. The Kier molecular flexibility index (Phi) is 6.74. The summed E-state index contributed by atoms with van der Waals surface area (Å²) in [5.41, 5.74) is 0.00305. The Bertz CT molecular complexity index is 695. The highest BCUT2D eigenvalue weighted by atomic mass is 16.6. The van der Waals surface area contributed by atoms with Gasteiger partial charge in [0, 0.05) is 18.7 Å². The smallest absolute Gasteiger partial charge is 0.271 e. The minimum absolute atomic E-state index is 0.0956. The third kappa shape index (κ3) is 5.07. The van der Waals surface area contributed by atoms with Crippen LogP contribution in [0.1, 0.15) is 32.1 Å². The van der Waals surface area contributed by atoms with Crippen LogP contribution in [-0.2, 0) is 4.79 Å². The number of aliphatic hydroxyl groups is 1. The lowest BCUT2D eigenvalue weighted by atomic mass is 9.83. The molecule has 140 valence electrons.